The van der Waals surface area contributed by atoms with E-state index in [0.717, 1.165) is 5.56 Å². The number of amides is 1. The molecule has 0 bridgehead atoms. The van der Waals surface area contributed by atoms with E-state index in [2.05, 4.69) is 5.32 Å². The first-order valence-electron chi connectivity index (χ1n) is 7.89. The number of aliphatic carboxylic acids is 1. The fourth-order valence-corrected chi connectivity index (χ4v) is 3.13. The van der Waals surface area contributed by atoms with Gasteiger partial charge in [0.05, 0.1) is 11.2 Å². The number of benzene rings is 2. The van der Waals surface area contributed by atoms with Crippen LogP contribution in [0.1, 0.15) is 24.0 Å². The van der Waals surface area contributed by atoms with Crippen LogP contribution in [0.4, 0.5) is 4.39 Å². The second-order valence-corrected chi connectivity index (χ2v) is 6.96. The van der Waals surface area contributed by atoms with Crippen molar-refractivity contribution in [2.75, 3.05) is 6.54 Å². The van der Waals surface area contributed by atoms with E-state index in [9.17, 15) is 19.1 Å². The predicted molar refractivity (Wildman–Crippen MR) is 97.0 cm³/mol. The van der Waals surface area contributed by atoms with Gasteiger partial charge in [-0.3, -0.25) is 9.59 Å². The Bertz CT molecular complexity index is 706. The highest BCUT2D eigenvalue weighted by Gasteiger charge is 2.22. The van der Waals surface area contributed by atoms with Crippen LogP contribution in [0.5, 0.6) is 0 Å². The van der Waals surface area contributed by atoms with E-state index in [-0.39, 0.29) is 17.7 Å². The number of thioether (sulfide) groups is 1. The van der Waals surface area contributed by atoms with Crippen LogP contribution in [0.3, 0.4) is 0 Å². The molecule has 0 aliphatic heterocycles. The van der Waals surface area contributed by atoms with E-state index in [1.165, 1.54) is 36.0 Å². The Balaban J connectivity index is 1.87. The maximum Gasteiger partial charge on any atom is 0.312 e. The number of carboxylic acids is 1. The Hall–Kier alpha value is -2.34. The largest absolute Gasteiger partial charge is 0.481 e. The van der Waals surface area contributed by atoms with Crippen molar-refractivity contribution in [3.05, 3.63) is 71.5 Å². The molecule has 0 radical (unpaired) electrons. The van der Waals surface area contributed by atoms with Crippen LogP contribution in [-0.4, -0.2) is 28.8 Å². The average molecular weight is 361 g/mol. The number of rotatable bonds is 8. The second kappa shape index (κ2) is 9.22. The minimum Gasteiger partial charge on any atom is -0.481 e. The number of halogens is 1. The van der Waals surface area contributed by atoms with Gasteiger partial charge in [0, 0.05) is 12.3 Å². The van der Waals surface area contributed by atoms with E-state index >= 15 is 0 Å². The zero-order valence-corrected chi connectivity index (χ0v) is 14.6. The monoisotopic (exact) mass is 361 g/mol. The number of nitrogens with one attached hydrogen (secondary N) is 1. The summed E-state index contributed by atoms with van der Waals surface area (Å²) in [6, 6.07) is 15.1. The highest BCUT2D eigenvalue weighted by atomic mass is 32.2. The van der Waals surface area contributed by atoms with Crippen molar-refractivity contribution in [2.45, 2.75) is 23.8 Å². The van der Waals surface area contributed by atoms with Crippen LogP contribution in [-0.2, 0) is 15.3 Å². The minimum absolute atomic E-state index is 0.0317. The lowest BCUT2D eigenvalue weighted by Gasteiger charge is -2.16. The molecule has 0 aliphatic carbocycles. The molecule has 2 rings (SSSR count). The summed E-state index contributed by atoms with van der Waals surface area (Å²) in [5.41, 5.74) is 1.58. The Morgan fingerprint density at radius 2 is 1.76 bits per heavy atom. The average Bonchev–Trinajstić information content (AvgIpc) is 2.61. The highest BCUT2D eigenvalue weighted by molar-refractivity contribution is 7.99. The van der Waals surface area contributed by atoms with Gasteiger partial charge in [-0.05, 0) is 30.2 Å². The molecule has 0 aliphatic rings. The SMILES string of the molecule is CC(SCc1ccccc1)C(=O)NCC(C(=O)O)c1ccc(F)cc1. The van der Waals surface area contributed by atoms with Crippen LogP contribution in [0.2, 0.25) is 0 Å². The highest BCUT2D eigenvalue weighted by Crippen LogP contribution is 2.19. The number of carbonyl (C=O) groups excluding carboxylic acids is 1. The predicted octanol–water partition coefficient (Wildman–Crippen LogP) is 3.43. The lowest BCUT2D eigenvalue weighted by atomic mass is 9.99. The summed E-state index contributed by atoms with van der Waals surface area (Å²) < 4.78 is 13.0. The summed E-state index contributed by atoms with van der Waals surface area (Å²) >= 11 is 1.49. The molecule has 2 N–H and O–H groups in total. The maximum atomic E-state index is 13.0. The van der Waals surface area contributed by atoms with Crippen molar-refractivity contribution < 1.29 is 19.1 Å². The summed E-state index contributed by atoms with van der Waals surface area (Å²) in [6.45, 7) is 1.76. The van der Waals surface area contributed by atoms with Gasteiger partial charge in [0.1, 0.15) is 5.82 Å². The summed E-state index contributed by atoms with van der Waals surface area (Å²) in [5, 5.41) is 11.7. The molecule has 2 unspecified atom stereocenters. The van der Waals surface area contributed by atoms with Crippen LogP contribution >= 0.6 is 11.8 Å². The molecule has 0 aromatic heterocycles. The fraction of sp³-hybridized carbons (Fsp3) is 0.263. The van der Waals surface area contributed by atoms with Gasteiger partial charge in [-0.15, -0.1) is 11.8 Å². The van der Waals surface area contributed by atoms with E-state index < -0.39 is 17.7 Å². The number of hydrogen-bond acceptors (Lipinski definition) is 3. The standard InChI is InChI=1S/C19H20FNO3S/c1-13(25-12-14-5-3-2-4-6-14)18(22)21-11-17(19(23)24)15-7-9-16(20)10-8-15/h2-10,13,17H,11-12H2,1H3,(H,21,22)(H,23,24). The van der Waals surface area contributed by atoms with Gasteiger partial charge in [-0.2, -0.15) is 0 Å². The number of carbonyl (C=O) groups is 2. The first-order chi connectivity index (χ1) is 12.0. The summed E-state index contributed by atoms with van der Waals surface area (Å²) in [6.07, 6.45) is 0. The van der Waals surface area contributed by atoms with Crippen molar-refractivity contribution >= 4 is 23.6 Å². The van der Waals surface area contributed by atoms with E-state index in [4.69, 9.17) is 0 Å². The second-order valence-electron chi connectivity index (χ2n) is 5.63. The zero-order valence-electron chi connectivity index (χ0n) is 13.8. The molecule has 6 heteroatoms. The Labute approximate surface area is 150 Å². The molecule has 0 heterocycles. The number of hydrogen-bond donors (Lipinski definition) is 2. The Morgan fingerprint density at radius 3 is 2.36 bits per heavy atom. The Kier molecular flexibility index (Phi) is 7.01. The molecule has 132 valence electrons. The quantitative estimate of drug-likeness (QED) is 0.756. The molecule has 0 saturated carbocycles. The summed E-state index contributed by atoms with van der Waals surface area (Å²) in [5.74, 6) is -1.90. The molecule has 4 nitrogen and oxygen atoms in total. The normalized spacial score (nSPS) is 13.0. The van der Waals surface area contributed by atoms with Crippen LogP contribution < -0.4 is 5.32 Å². The van der Waals surface area contributed by atoms with Crippen LogP contribution in [0, 0.1) is 5.82 Å². The molecule has 1 amide bonds. The molecule has 0 fully saturated rings. The maximum absolute atomic E-state index is 13.0. The van der Waals surface area contributed by atoms with Gasteiger partial charge in [0.2, 0.25) is 5.91 Å². The molecule has 2 aromatic carbocycles. The third-order valence-corrected chi connectivity index (χ3v) is 4.98. The Morgan fingerprint density at radius 1 is 1.12 bits per heavy atom. The third-order valence-electron chi connectivity index (χ3n) is 3.76. The molecule has 0 spiro atoms. The first kappa shape index (κ1) is 19.0. The lowest BCUT2D eigenvalue weighted by Crippen LogP contribution is -2.36. The molecular formula is C19H20FNO3S. The van der Waals surface area contributed by atoms with E-state index in [1.54, 1.807) is 6.92 Å². The summed E-state index contributed by atoms with van der Waals surface area (Å²) in [7, 11) is 0. The topological polar surface area (TPSA) is 66.4 Å². The van der Waals surface area contributed by atoms with Crippen molar-refractivity contribution in [3.63, 3.8) is 0 Å². The molecule has 25 heavy (non-hydrogen) atoms. The van der Waals surface area contributed by atoms with Gasteiger partial charge in [-0.25, -0.2) is 4.39 Å². The molecule has 2 aromatic rings. The van der Waals surface area contributed by atoms with Gasteiger partial charge < -0.3 is 10.4 Å². The van der Waals surface area contributed by atoms with Gasteiger partial charge >= 0.3 is 5.97 Å². The van der Waals surface area contributed by atoms with Crippen molar-refractivity contribution in [1.29, 1.82) is 0 Å². The van der Waals surface area contributed by atoms with Gasteiger partial charge in [0.15, 0.2) is 0 Å². The molecular weight excluding hydrogens is 341 g/mol. The van der Waals surface area contributed by atoms with Crippen molar-refractivity contribution in [1.82, 2.24) is 5.32 Å². The summed E-state index contributed by atoms with van der Waals surface area (Å²) in [4.78, 5) is 23.6. The van der Waals surface area contributed by atoms with Crippen LogP contribution in [0.15, 0.2) is 54.6 Å². The fourth-order valence-electron chi connectivity index (χ4n) is 2.26. The lowest BCUT2D eigenvalue weighted by molar-refractivity contribution is -0.138. The minimum atomic E-state index is -1.06. The zero-order chi connectivity index (χ0) is 18.2. The smallest absolute Gasteiger partial charge is 0.312 e. The first-order valence-corrected chi connectivity index (χ1v) is 8.93. The van der Waals surface area contributed by atoms with E-state index in [1.807, 2.05) is 30.3 Å². The van der Waals surface area contributed by atoms with E-state index in [0.29, 0.717) is 11.3 Å². The van der Waals surface area contributed by atoms with Crippen molar-refractivity contribution in [2.24, 2.45) is 0 Å². The van der Waals surface area contributed by atoms with Crippen LogP contribution in [0.25, 0.3) is 0 Å². The van der Waals surface area contributed by atoms with Gasteiger partial charge in [-0.1, -0.05) is 42.5 Å². The number of carboxylic acid groups (broad SMARTS) is 1. The molecule has 0 saturated heterocycles. The van der Waals surface area contributed by atoms with Gasteiger partial charge in [0.25, 0.3) is 0 Å². The van der Waals surface area contributed by atoms with Crippen molar-refractivity contribution in [3.8, 4) is 0 Å². The molecule has 2 atom stereocenters. The third kappa shape index (κ3) is 5.90.